The third kappa shape index (κ3) is 5.75. The van der Waals surface area contributed by atoms with Crippen LogP contribution in [0.25, 0.3) is 22.2 Å². The molecule has 0 amide bonds. The quantitative estimate of drug-likeness (QED) is 0.198. The number of benzene rings is 3. The number of aromatic carboxylic acids is 1. The Morgan fingerprint density at radius 1 is 1.07 bits per heavy atom. The first-order valence-electron chi connectivity index (χ1n) is 13.0. The van der Waals surface area contributed by atoms with E-state index in [-0.39, 0.29) is 70.5 Å². The predicted molar refractivity (Wildman–Crippen MR) is 146 cm³/mol. The second-order valence-corrected chi connectivity index (χ2v) is 10.8. The molecule has 9 nitrogen and oxygen atoms in total. The molecule has 0 saturated carbocycles. The summed E-state index contributed by atoms with van der Waals surface area (Å²) in [6, 6.07) is 7.80. The molecule has 6 rings (SSSR count). The van der Waals surface area contributed by atoms with Gasteiger partial charge < -0.3 is 23.9 Å². The maximum Gasteiger partial charge on any atom is 0.335 e. The van der Waals surface area contributed by atoms with Crippen molar-refractivity contribution in [3.63, 3.8) is 0 Å². The van der Waals surface area contributed by atoms with Crippen LogP contribution in [0.5, 0.6) is 10.9 Å². The first-order chi connectivity index (χ1) is 20.7. The normalized spacial score (nSPS) is 14.6. The molecule has 5 aromatic rings. The van der Waals surface area contributed by atoms with Crippen molar-refractivity contribution in [2.75, 3.05) is 13.7 Å². The lowest BCUT2D eigenvalue weighted by molar-refractivity contribution is -0.0589. The largest absolute Gasteiger partial charge is 0.483 e. The standard InChI is InChI=1S/C29H22F4N4O5S/c1-40-29-36-35-26(43-29)13-42-24-9-14(2-3-19(24)30)18-11-20(31)15(6-21(18)32)10-25-34-27-22(33)7-16(28(38)39)8-23(27)37(25)12-17-4-5-41-17/h2-3,6-9,11,17H,4-5,10,12-13H2,1H3,(H,38,39)/t17-/m0/s1. The second kappa shape index (κ2) is 11.6. The highest BCUT2D eigenvalue weighted by molar-refractivity contribution is 7.13. The van der Waals surface area contributed by atoms with Gasteiger partial charge >= 0.3 is 5.97 Å². The number of ether oxygens (including phenoxy) is 3. The van der Waals surface area contributed by atoms with Crippen molar-refractivity contribution in [2.24, 2.45) is 0 Å². The molecule has 222 valence electrons. The van der Waals surface area contributed by atoms with Gasteiger partial charge in [-0.2, -0.15) is 0 Å². The van der Waals surface area contributed by atoms with Crippen LogP contribution in [0.4, 0.5) is 17.6 Å². The van der Waals surface area contributed by atoms with Gasteiger partial charge in [0, 0.05) is 18.6 Å². The summed E-state index contributed by atoms with van der Waals surface area (Å²) in [7, 11) is 1.43. The number of hydrogen-bond donors (Lipinski definition) is 1. The fourth-order valence-electron chi connectivity index (χ4n) is 4.74. The summed E-state index contributed by atoms with van der Waals surface area (Å²) < 4.78 is 77.7. The van der Waals surface area contributed by atoms with E-state index in [1.807, 2.05) is 0 Å². The molecule has 1 saturated heterocycles. The number of halogens is 4. The maximum absolute atomic E-state index is 15.5. The highest BCUT2D eigenvalue weighted by Crippen LogP contribution is 2.32. The first kappa shape index (κ1) is 28.6. The number of imidazole rings is 1. The van der Waals surface area contributed by atoms with E-state index in [0.29, 0.717) is 16.8 Å². The lowest BCUT2D eigenvalue weighted by Gasteiger charge is -2.27. The van der Waals surface area contributed by atoms with Crippen LogP contribution in [0.1, 0.15) is 33.2 Å². The van der Waals surface area contributed by atoms with E-state index >= 15 is 8.78 Å². The van der Waals surface area contributed by atoms with E-state index in [0.717, 1.165) is 42.0 Å². The molecule has 14 heteroatoms. The number of methoxy groups -OCH3 is 1. The molecule has 0 aliphatic carbocycles. The molecule has 3 aromatic carbocycles. The molecule has 0 unspecified atom stereocenters. The molecule has 1 atom stereocenters. The number of hydrogen-bond acceptors (Lipinski definition) is 8. The van der Waals surface area contributed by atoms with Crippen molar-refractivity contribution < 1.29 is 41.7 Å². The van der Waals surface area contributed by atoms with Gasteiger partial charge in [-0.3, -0.25) is 0 Å². The molecule has 0 bridgehead atoms. The SMILES string of the molecule is COc1nnc(COc2cc(-c3cc(F)c(Cc4nc5c(F)cc(C(=O)O)cc5n4C[C@@H]4CCO4)cc3F)ccc2F)s1. The number of rotatable bonds is 10. The van der Waals surface area contributed by atoms with E-state index in [1.165, 1.54) is 25.3 Å². The summed E-state index contributed by atoms with van der Waals surface area (Å²) in [5.41, 5.74) is -0.146. The molecular weight excluding hydrogens is 592 g/mol. The third-order valence-electron chi connectivity index (χ3n) is 7.01. The Morgan fingerprint density at radius 2 is 1.88 bits per heavy atom. The number of fused-ring (bicyclic) bond motifs is 1. The molecule has 1 fully saturated rings. The predicted octanol–water partition coefficient (Wildman–Crippen LogP) is 5.78. The Balaban J connectivity index is 1.30. The van der Waals surface area contributed by atoms with Crippen LogP contribution in [0.2, 0.25) is 0 Å². The van der Waals surface area contributed by atoms with Crippen LogP contribution >= 0.6 is 11.3 Å². The maximum atomic E-state index is 15.5. The summed E-state index contributed by atoms with van der Waals surface area (Å²) in [5.74, 6) is -4.39. The van der Waals surface area contributed by atoms with Crippen molar-refractivity contribution in [3.05, 3.63) is 87.7 Å². The summed E-state index contributed by atoms with van der Waals surface area (Å²) in [5, 5.41) is 17.8. The van der Waals surface area contributed by atoms with E-state index in [4.69, 9.17) is 14.2 Å². The van der Waals surface area contributed by atoms with Gasteiger partial charge in [0.2, 0.25) is 0 Å². The number of aromatic nitrogens is 4. The summed E-state index contributed by atoms with van der Waals surface area (Å²) >= 11 is 1.12. The highest BCUT2D eigenvalue weighted by atomic mass is 32.1. The molecule has 1 aliphatic rings. The molecule has 2 aromatic heterocycles. The number of carboxylic acid groups (broad SMARTS) is 1. The van der Waals surface area contributed by atoms with Crippen LogP contribution in [-0.4, -0.2) is 50.6 Å². The molecule has 43 heavy (non-hydrogen) atoms. The van der Waals surface area contributed by atoms with Gasteiger partial charge in [0.15, 0.2) is 22.4 Å². The summed E-state index contributed by atoms with van der Waals surface area (Å²) in [4.78, 5) is 15.8. The fraction of sp³-hybridized carbons (Fsp3) is 0.241. The number of carboxylic acids is 1. The summed E-state index contributed by atoms with van der Waals surface area (Å²) in [6.07, 6.45) is 0.311. The first-order valence-corrected chi connectivity index (χ1v) is 13.8. The zero-order chi connectivity index (χ0) is 30.2. The number of carbonyl (C=O) groups is 1. The average molecular weight is 615 g/mol. The monoisotopic (exact) mass is 614 g/mol. The van der Waals surface area contributed by atoms with Crippen LogP contribution in [-0.2, 0) is 24.3 Å². The summed E-state index contributed by atoms with van der Waals surface area (Å²) in [6.45, 7) is 0.674. The Hall–Kier alpha value is -4.56. The third-order valence-corrected chi connectivity index (χ3v) is 7.87. The van der Waals surface area contributed by atoms with Crippen molar-refractivity contribution >= 4 is 28.3 Å². The van der Waals surface area contributed by atoms with Gasteiger partial charge in [-0.05, 0) is 53.9 Å². The zero-order valence-corrected chi connectivity index (χ0v) is 23.3. The Morgan fingerprint density at radius 3 is 2.58 bits per heavy atom. The molecule has 1 N–H and O–H groups in total. The number of nitrogens with zero attached hydrogens (tertiary/aromatic N) is 4. The van der Waals surface area contributed by atoms with Crippen molar-refractivity contribution in [2.45, 2.75) is 32.1 Å². The van der Waals surface area contributed by atoms with Gasteiger partial charge in [-0.1, -0.05) is 22.5 Å². The molecule has 0 spiro atoms. The molecule has 1 aliphatic heterocycles. The Labute approximate surface area is 245 Å². The Kier molecular flexibility index (Phi) is 7.71. The van der Waals surface area contributed by atoms with Crippen molar-refractivity contribution in [1.29, 1.82) is 0 Å². The minimum atomic E-state index is -1.31. The van der Waals surface area contributed by atoms with Crippen LogP contribution < -0.4 is 9.47 Å². The fourth-order valence-corrected chi connectivity index (χ4v) is 5.30. The lowest BCUT2D eigenvalue weighted by atomic mass is 10.0. The second-order valence-electron chi connectivity index (χ2n) is 9.75. The Bertz CT molecular complexity index is 1860. The van der Waals surface area contributed by atoms with Gasteiger partial charge in [-0.15, -0.1) is 5.10 Å². The van der Waals surface area contributed by atoms with Crippen molar-refractivity contribution in [3.8, 4) is 22.1 Å². The van der Waals surface area contributed by atoms with E-state index in [9.17, 15) is 18.7 Å². The van der Waals surface area contributed by atoms with Crippen LogP contribution in [0, 0.1) is 23.3 Å². The van der Waals surface area contributed by atoms with Gasteiger partial charge in [0.05, 0.1) is 30.8 Å². The molecule has 0 radical (unpaired) electrons. The average Bonchev–Trinajstić information content (AvgIpc) is 3.56. The minimum absolute atomic E-state index is 0.0602. The van der Waals surface area contributed by atoms with Gasteiger partial charge in [0.1, 0.15) is 29.6 Å². The smallest absolute Gasteiger partial charge is 0.335 e. The van der Waals surface area contributed by atoms with E-state index < -0.39 is 29.2 Å². The minimum Gasteiger partial charge on any atom is -0.483 e. The highest BCUT2D eigenvalue weighted by Gasteiger charge is 2.25. The van der Waals surface area contributed by atoms with Crippen LogP contribution in [0.3, 0.4) is 0 Å². The lowest BCUT2D eigenvalue weighted by Crippen LogP contribution is -2.31. The molecule has 3 heterocycles. The van der Waals surface area contributed by atoms with E-state index in [2.05, 4.69) is 15.2 Å². The van der Waals surface area contributed by atoms with Crippen molar-refractivity contribution in [1.82, 2.24) is 19.7 Å². The molecular formula is C29H22F4N4O5S. The topological polar surface area (TPSA) is 109 Å². The zero-order valence-electron chi connectivity index (χ0n) is 22.4. The van der Waals surface area contributed by atoms with E-state index in [1.54, 1.807) is 4.57 Å². The van der Waals surface area contributed by atoms with Gasteiger partial charge in [-0.25, -0.2) is 27.3 Å². The van der Waals surface area contributed by atoms with Gasteiger partial charge in [0.25, 0.3) is 5.19 Å². The van der Waals surface area contributed by atoms with Crippen LogP contribution in [0.15, 0.2) is 42.5 Å².